The van der Waals surface area contributed by atoms with Crippen LogP contribution >= 0.6 is 0 Å². The monoisotopic (exact) mass is 424 g/mol. The molecule has 1 saturated heterocycles. The Bertz CT molecular complexity index is 1010. The van der Waals surface area contributed by atoms with Crippen LogP contribution in [0.5, 0.6) is 0 Å². The first-order valence-corrected chi connectivity index (χ1v) is 11.0. The summed E-state index contributed by atoms with van der Waals surface area (Å²) in [5.41, 5.74) is 2.26. The number of aryl methyl sites for hydroxylation is 1. The van der Waals surface area contributed by atoms with E-state index in [2.05, 4.69) is 0 Å². The molecular formula is C24H29FN4O2. The standard InChI is InChI=1S/C24H29FN4O2/c1-15(2)12-21(30)28-10-8-18(14-28)23-26-16(3)19-13-22(31)29(24(19)27-23)11-9-17-6-4-5-7-20(17)25/h4-7,15,18H,8-14H2,1-3H3. The molecule has 4 rings (SSSR count). The molecular weight excluding hydrogens is 395 g/mol. The first-order valence-electron chi connectivity index (χ1n) is 11.0. The highest BCUT2D eigenvalue weighted by Crippen LogP contribution is 2.33. The fourth-order valence-corrected chi connectivity index (χ4v) is 4.42. The van der Waals surface area contributed by atoms with Crippen LogP contribution in [0.4, 0.5) is 10.2 Å². The van der Waals surface area contributed by atoms with Gasteiger partial charge in [-0.25, -0.2) is 14.4 Å². The highest BCUT2D eigenvalue weighted by molar-refractivity contribution is 6.00. The third-order valence-electron chi connectivity index (χ3n) is 6.15. The molecule has 0 bridgehead atoms. The van der Waals surface area contributed by atoms with E-state index in [1.807, 2.05) is 25.7 Å². The molecule has 2 aromatic rings. The van der Waals surface area contributed by atoms with Crippen molar-refractivity contribution in [2.75, 3.05) is 24.5 Å². The third-order valence-corrected chi connectivity index (χ3v) is 6.15. The average Bonchev–Trinajstić information content (AvgIpc) is 3.32. The maximum absolute atomic E-state index is 14.0. The molecule has 0 N–H and O–H groups in total. The SMILES string of the molecule is Cc1nc(C2CCN(C(=O)CC(C)C)C2)nc2c1CC(=O)N2CCc1ccccc1F. The van der Waals surface area contributed by atoms with Crippen LogP contribution in [0.25, 0.3) is 0 Å². The smallest absolute Gasteiger partial charge is 0.232 e. The van der Waals surface area contributed by atoms with Gasteiger partial charge in [0.05, 0.1) is 6.42 Å². The number of halogens is 1. The molecule has 1 fully saturated rings. The van der Waals surface area contributed by atoms with Crippen molar-refractivity contribution in [2.24, 2.45) is 5.92 Å². The van der Waals surface area contributed by atoms with E-state index >= 15 is 0 Å². The van der Waals surface area contributed by atoms with Crippen molar-refractivity contribution >= 4 is 17.6 Å². The van der Waals surface area contributed by atoms with Crippen LogP contribution in [-0.4, -0.2) is 46.3 Å². The maximum atomic E-state index is 14.0. The number of carbonyl (C=O) groups excluding carboxylic acids is 2. The molecule has 2 aliphatic heterocycles. The highest BCUT2D eigenvalue weighted by atomic mass is 19.1. The predicted molar refractivity (Wildman–Crippen MR) is 116 cm³/mol. The number of hydrogen-bond acceptors (Lipinski definition) is 4. The molecule has 1 atom stereocenters. The average molecular weight is 425 g/mol. The Labute approximate surface area is 182 Å². The van der Waals surface area contributed by atoms with Crippen LogP contribution < -0.4 is 4.90 Å². The zero-order valence-corrected chi connectivity index (χ0v) is 18.4. The van der Waals surface area contributed by atoms with Crippen molar-refractivity contribution < 1.29 is 14.0 Å². The second-order valence-corrected chi connectivity index (χ2v) is 8.96. The summed E-state index contributed by atoms with van der Waals surface area (Å²) in [7, 11) is 0. The molecule has 0 aliphatic carbocycles. The van der Waals surface area contributed by atoms with Gasteiger partial charge in [-0.1, -0.05) is 32.0 Å². The topological polar surface area (TPSA) is 66.4 Å². The minimum Gasteiger partial charge on any atom is -0.342 e. The van der Waals surface area contributed by atoms with Gasteiger partial charge in [0.25, 0.3) is 0 Å². The van der Waals surface area contributed by atoms with Gasteiger partial charge in [-0.2, -0.15) is 0 Å². The Balaban J connectivity index is 1.52. The second kappa shape index (κ2) is 8.73. The number of benzene rings is 1. The van der Waals surface area contributed by atoms with E-state index < -0.39 is 0 Å². The van der Waals surface area contributed by atoms with Gasteiger partial charge in [0.15, 0.2) is 0 Å². The van der Waals surface area contributed by atoms with Gasteiger partial charge in [0, 0.05) is 43.2 Å². The number of nitrogens with zero attached hydrogens (tertiary/aromatic N) is 4. The van der Waals surface area contributed by atoms with E-state index in [-0.39, 0.29) is 30.0 Å². The van der Waals surface area contributed by atoms with Crippen molar-refractivity contribution in [1.82, 2.24) is 14.9 Å². The van der Waals surface area contributed by atoms with Gasteiger partial charge < -0.3 is 4.90 Å². The molecule has 0 radical (unpaired) electrons. The summed E-state index contributed by atoms with van der Waals surface area (Å²) in [5.74, 6) is 1.64. The summed E-state index contributed by atoms with van der Waals surface area (Å²) in [6.45, 7) is 7.72. The molecule has 2 aliphatic rings. The molecule has 1 aromatic heterocycles. The predicted octanol–water partition coefficient (Wildman–Crippen LogP) is 3.42. The van der Waals surface area contributed by atoms with E-state index in [0.717, 1.165) is 17.7 Å². The Kier molecular flexibility index (Phi) is 6.03. The molecule has 0 saturated carbocycles. The Morgan fingerprint density at radius 3 is 2.77 bits per heavy atom. The van der Waals surface area contributed by atoms with Gasteiger partial charge in [-0.3, -0.25) is 14.5 Å². The van der Waals surface area contributed by atoms with Gasteiger partial charge in [-0.15, -0.1) is 0 Å². The zero-order valence-electron chi connectivity index (χ0n) is 18.4. The van der Waals surface area contributed by atoms with Crippen molar-refractivity contribution in [2.45, 2.75) is 52.4 Å². The zero-order chi connectivity index (χ0) is 22.1. The number of anilines is 1. The lowest BCUT2D eigenvalue weighted by molar-refractivity contribution is -0.130. The lowest BCUT2D eigenvalue weighted by Crippen LogP contribution is -2.30. The summed E-state index contributed by atoms with van der Waals surface area (Å²) in [5, 5.41) is 0. The van der Waals surface area contributed by atoms with E-state index in [0.29, 0.717) is 55.6 Å². The summed E-state index contributed by atoms with van der Waals surface area (Å²) >= 11 is 0. The first-order chi connectivity index (χ1) is 14.8. The van der Waals surface area contributed by atoms with Gasteiger partial charge in [0.2, 0.25) is 11.8 Å². The molecule has 6 nitrogen and oxygen atoms in total. The van der Waals surface area contributed by atoms with Crippen molar-refractivity contribution in [1.29, 1.82) is 0 Å². The van der Waals surface area contributed by atoms with Gasteiger partial charge >= 0.3 is 0 Å². The number of hydrogen-bond donors (Lipinski definition) is 0. The maximum Gasteiger partial charge on any atom is 0.232 e. The van der Waals surface area contributed by atoms with Crippen LogP contribution in [0.3, 0.4) is 0 Å². The van der Waals surface area contributed by atoms with Crippen LogP contribution in [0.2, 0.25) is 0 Å². The van der Waals surface area contributed by atoms with E-state index in [9.17, 15) is 14.0 Å². The van der Waals surface area contributed by atoms with Crippen LogP contribution in [0.15, 0.2) is 24.3 Å². The number of fused-ring (bicyclic) bond motifs is 1. The molecule has 164 valence electrons. The van der Waals surface area contributed by atoms with Crippen molar-refractivity contribution in [3.63, 3.8) is 0 Å². The molecule has 1 aromatic carbocycles. The fraction of sp³-hybridized carbons (Fsp3) is 0.500. The largest absolute Gasteiger partial charge is 0.342 e. The first kappa shape index (κ1) is 21.4. The summed E-state index contributed by atoms with van der Waals surface area (Å²) in [4.78, 5) is 38.1. The molecule has 3 heterocycles. The molecule has 31 heavy (non-hydrogen) atoms. The number of aromatic nitrogens is 2. The van der Waals surface area contributed by atoms with Gasteiger partial charge in [-0.05, 0) is 37.3 Å². The van der Waals surface area contributed by atoms with Gasteiger partial charge in [0.1, 0.15) is 17.5 Å². The molecule has 2 amide bonds. The number of likely N-dealkylation sites (tertiary alicyclic amines) is 1. The number of carbonyl (C=O) groups is 2. The molecule has 0 spiro atoms. The minimum absolute atomic E-state index is 0.0268. The molecule has 7 heteroatoms. The third kappa shape index (κ3) is 4.45. The normalized spacial score (nSPS) is 18.2. The van der Waals surface area contributed by atoms with Crippen LogP contribution in [-0.2, 0) is 22.4 Å². The Hall–Kier alpha value is -2.83. The molecule has 1 unspecified atom stereocenters. The lowest BCUT2D eigenvalue weighted by Gasteiger charge is -2.20. The van der Waals surface area contributed by atoms with E-state index in [1.165, 1.54) is 6.07 Å². The summed E-state index contributed by atoms with van der Waals surface area (Å²) in [6, 6.07) is 6.64. The van der Waals surface area contributed by atoms with Crippen molar-refractivity contribution in [3.05, 3.63) is 52.7 Å². The highest BCUT2D eigenvalue weighted by Gasteiger charge is 2.34. The Morgan fingerprint density at radius 2 is 2.03 bits per heavy atom. The van der Waals surface area contributed by atoms with E-state index in [1.54, 1.807) is 23.1 Å². The summed E-state index contributed by atoms with van der Waals surface area (Å²) in [6.07, 6.45) is 2.08. The van der Waals surface area contributed by atoms with Crippen LogP contribution in [0, 0.1) is 18.7 Å². The quantitative estimate of drug-likeness (QED) is 0.713. The van der Waals surface area contributed by atoms with Crippen molar-refractivity contribution in [3.8, 4) is 0 Å². The fourth-order valence-electron chi connectivity index (χ4n) is 4.42. The minimum atomic E-state index is -0.258. The second-order valence-electron chi connectivity index (χ2n) is 8.96. The lowest BCUT2D eigenvalue weighted by atomic mass is 10.1. The summed E-state index contributed by atoms with van der Waals surface area (Å²) < 4.78 is 14.0. The number of amides is 2. The van der Waals surface area contributed by atoms with Crippen LogP contribution in [0.1, 0.15) is 55.3 Å². The van der Waals surface area contributed by atoms with E-state index in [4.69, 9.17) is 9.97 Å². The number of rotatable bonds is 6. The Morgan fingerprint density at radius 1 is 1.26 bits per heavy atom.